The molecule has 3 aromatic heterocycles. The molecule has 2 aromatic carbocycles. The Bertz CT molecular complexity index is 1990. The molecule has 0 fully saturated rings. The van der Waals surface area contributed by atoms with Crippen molar-refractivity contribution in [2.75, 3.05) is 6.61 Å². The monoisotopic (exact) mass is 673 g/mol. The van der Waals surface area contributed by atoms with Crippen molar-refractivity contribution in [2.24, 2.45) is 21.1 Å². The normalized spacial score (nSPS) is 15.5. The number of fused-ring (bicyclic) bond motifs is 8. The van der Waals surface area contributed by atoms with Gasteiger partial charge in [0, 0.05) is 76.9 Å². The predicted molar refractivity (Wildman–Crippen MR) is 189 cm³/mol. The average Bonchev–Trinajstić information content (AvgIpc) is 3.64. The molecule has 4 bridgehead atoms. The van der Waals surface area contributed by atoms with Crippen molar-refractivity contribution in [3.8, 4) is 5.75 Å². The van der Waals surface area contributed by atoms with Crippen LogP contribution in [0.3, 0.4) is 0 Å². The van der Waals surface area contributed by atoms with Gasteiger partial charge < -0.3 is 14.4 Å². The molecule has 46 heavy (non-hydrogen) atoms. The highest BCUT2D eigenvalue weighted by molar-refractivity contribution is 7.98. The van der Waals surface area contributed by atoms with Gasteiger partial charge >= 0.3 is 5.97 Å². The first-order chi connectivity index (χ1) is 22.2. The van der Waals surface area contributed by atoms with Crippen molar-refractivity contribution in [3.63, 3.8) is 0 Å². The zero-order valence-electron chi connectivity index (χ0n) is 26.3. The lowest BCUT2D eigenvalue weighted by Gasteiger charge is -2.12. The van der Waals surface area contributed by atoms with E-state index in [0.29, 0.717) is 30.2 Å². The minimum atomic E-state index is -0.957. The van der Waals surface area contributed by atoms with E-state index in [9.17, 15) is 9.90 Å². The Hall–Kier alpha value is -3.86. The fourth-order valence-electron chi connectivity index (χ4n) is 5.80. The third kappa shape index (κ3) is 6.94. The molecule has 1 aliphatic heterocycles. The van der Waals surface area contributed by atoms with Crippen molar-refractivity contribution in [2.45, 2.75) is 41.9 Å². The number of allylic oxidation sites excluding steroid dienone is 2. The van der Waals surface area contributed by atoms with E-state index in [4.69, 9.17) is 26.5 Å². The number of nitrogens with zero attached hydrogens (tertiary/aromatic N) is 5. The molecule has 0 spiro atoms. The lowest BCUT2D eigenvalue weighted by molar-refractivity contribution is 0.0685. The van der Waals surface area contributed by atoms with E-state index < -0.39 is 5.97 Å². The van der Waals surface area contributed by atoms with Crippen molar-refractivity contribution in [1.29, 1.82) is 0 Å². The molecule has 8 nitrogen and oxygen atoms in total. The van der Waals surface area contributed by atoms with Gasteiger partial charge in [0.05, 0.1) is 18.0 Å². The molecule has 0 radical (unpaired) electrons. The second-order valence-electron chi connectivity index (χ2n) is 11.4. The quantitative estimate of drug-likeness (QED) is 0.193. The number of hydrogen-bond donors (Lipinski definition) is 1. The number of aryl methyl sites for hydroxylation is 3. The molecule has 1 aliphatic rings. The Morgan fingerprint density at radius 1 is 1.02 bits per heavy atom. The lowest BCUT2D eigenvalue weighted by Crippen LogP contribution is -2.08. The van der Waals surface area contributed by atoms with Gasteiger partial charge in [-0.05, 0) is 66.6 Å². The molecule has 6 rings (SSSR count). The molecule has 0 aliphatic carbocycles. The van der Waals surface area contributed by atoms with E-state index in [-0.39, 0.29) is 5.69 Å². The number of benzene rings is 2. The summed E-state index contributed by atoms with van der Waals surface area (Å²) in [5.74, 6) is 2.13. The number of ether oxygens (including phenoxy) is 1. The standard InChI is InChI=1S/C35H36ClN5O3S2/c1-22-31-15-25(36)12-11-24-18-39(2)34(35(42)43)30(24)10-7-13-44-33-17-28(14-23-8-5-6-9-29(23)33)46-20-27-16-26(37-41(27)4)19-45-21-32(31)38-40(22)3/h5-6,8-9,11-12,14-18H,7,10,13,19-21H2,1-4H3,(H,42,43)/b12-11-,25-15?. The summed E-state index contributed by atoms with van der Waals surface area (Å²) in [5, 5.41) is 22.3. The number of hydrogen-bond acceptors (Lipinski definition) is 6. The molecule has 0 unspecified atom stereocenters. The number of halogens is 1. The first-order valence-corrected chi connectivity index (χ1v) is 17.6. The Morgan fingerprint density at radius 3 is 2.67 bits per heavy atom. The summed E-state index contributed by atoms with van der Waals surface area (Å²) >= 11 is 10.3. The summed E-state index contributed by atoms with van der Waals surface area (Å²) in [6, 6.07) is 14.7. The van der Waals surface area contributed by atoms with Crippen LogP contribution >= 0.6 is 35.1 Å². The molecular formula is C35H36ClN5O3S2. The third-order valence-corrected chi connectivity index (χ3v) is 10.4. The van der Waals surface area contributed by atoms with Gasteiger partial charge in [0.15, 0.2) is 0 Å². The Kier molecular flexibility index (Phi) is 9.67. The van der Waals surface area contributed by atoms with Gasteiger partial charge in [0.25, 0.3) is 0 Å². The fraction of sp³-hybridized carbons (Fsp3) is 0.286. The molecule has 238 valence electrons. The fourth-order valence-corrected chi connectivity index (χ4v) is 7.82. The molecule has 0 amide bonds. The van der Waals surface area contributed by atoms with Crippen LogP contribution in [0.4, 0.5) is 0 Å². The predicted octanol–water partition coefficient (Wildman–Crippen LogP) is 8.00. The van der Waals surface area contributed by atoms with Gasteiger partial charge in [0.1, 0.15) is 11.4 Å². The Balaban J connectivity index is 1.36. The van der Waals surface area contributed by atoms with Crippen LogP contribution in [0.5, 0.6) is 5.75 Å². The number of carbonyl (C=O) groups is 1. The summed E-state index contributed by atoms with van der Waals surface area (Å²) in [6.45, 7) is 2.48. The van der Waals surface area contributed by atoms with Gasteiger partial charge in [-0.1, -0.05) is 41.9 Å². The smallest absolute Gasteiger partial charge is 0.352 e. The van der Waals surface area contributed by atoms with Gasteiger partial charge in [-0.3, -0.25) is 9.36 Å². The van der Waals surface area contributed by atoms with E-state index in [1.165, 1.54) is 0 Å². The van der Waals surface area contributed by atoms with Crippen LogP contribution in [-0.2, 0) is 44.8 Å². The summed E-state index contributed by atoms with van der Waals surface area (Å²) in [5.41, 5.74) is 7.02. The second-order valence-corrected chi connectivity index (χ2v) is 13.9. The molecule has 5 aromatic rings. The van der Waals surface area contributed by atoms with Crippen LogP contribution in [0, 0.1) is 6.92 Å². The molecule has 11 heteroatoms. The zero-order chi connectivity index (χ0) is 32.4. The zero-order valence-corrected chi connectivity index (χ0v) is 28.7. The van der Waals surface area contributed by atoms with Gasteiger partial charge in [-0.2, -0.15) is 10.2 Å². The van der Waals surface area contributed by atoms with Crippen molar-refractivity contribution >= 4 is 64.0 Å². The van der Waals surface area contributed by atoms with Crippen molar-refractivity contribution in [3.05, 3.63) is 105 Å². The van der Waals surface area contributed by atoms with Gasteiger partial charge in [-0.25, -0.2) is 4.79 Å². The maximum Gasteiger partial charge on any atom is 0.352 e. The number of carboxylic acids is 1. The highest BCUT2D eigenvalue weighted by atomic mass is 35.5. The molecule has 0 saturated carbocycles. The first kappa shape index (κ1) is 32.1. The molecular weight excluding hydrogens is 638 g/mol. The summed E-state index contributed by atoms with van der Waals surface area (Å²) in [4.78, 5) is 13.4. The molecule has 0 atom stereocenters. The van der Waals surface area contributed by atoms with Crippen molar-refractivity contribution in [1.82, 2.24) is 24.1 Å². The highest BCUT2D eigenvalue weighted by Crippen LogP contribution is 2.34. The van der Waals surface area contributed by atoms with Crippen LogP contribution < -0.4 is 4.74 Å². The maximum atomic E-state index is 12.3. The van der Waals surface area contributed by atoms with Crippen LogP contribution in [0.25, 0.3) is 22.9 Å². The molecule has 1 N–H and O–H groups in total. The van der Waals surface area contributed by atoms with Crippen LogP contribution in [-0.4, -0.2) is 41.8 Å². The van der Waals surface area contributed by atoms with Crippen LogP contribution in [0.2, 0.25) is 0 Å². The highest BCUT2D eigenvalue weighted by Gasteiger charge is 2.19. The van der Waals surface area contributed by atoms with Gasteiger partial charge in [0.2, 0.25) is 0 Å². The van der Waals surface area contributed by atoms with E-state index in [1.807, 2.05) is 66.9 Å². The minimum Gasteiger partial charge on any atom is -0.493 e. The number of thioether (sulfide) groups is 2. The second kappa shape index (κ2) is 13.9. The lowest BCUT2D eigenvalue weighted by atomic mass is 10.0. The molecule has 0 saturated heterocycles. The van der Waals surface area contributed by atoms with Gasteiger partial charge in [-0.15, -0.1) is 23.5 Å². The molecule has 4 heterocycles. The van der Waals surface area contributed by atoms with E-state index in [0.717, 1.165) is 72.4 Å². The summed E-state index contributed by atoms with van der Waals surface area (Å²) < 4.78 is 11.9. The largest absolute Gasteiger partial charge is 0.493 e. The van der Waals surface area contributed by atoms with Crippen LogP contribution in [0.15, 0.2) is 64.7 Å². The summed E-state index contributed by atoms with van der Waals surface area (Å²) in [6.07, 6.45) is 8.69. The summed E-state index contributed by atoms with van der Waals surface area (Å²) in [7, 11) is 5.70. The van der Waals surface area contributed by atoms with Crippen molar-refractivity contribution < 1.29 is 14.6 Å². The number of carboxylic acid groups (broad SMARTS) is 1. The van der Waals surface area contributed by atoms with E-state index >= 15 is 0 Å². The minimum absolute atomic E-state index is 0.273. The number of rotatable bonds is 1. The SMILES string of the molecule is Cc1c2c(nn1C)CSCc1cc(n(C)n1)CSc1cc(c3ccccc3c1)OCCCc1c(cn(C)c1C(=O)O)/C=C\C(Cl)=C2. The maximum absolute atomic E-state index is 12.3. The first-order valence-electron chi connectivity index (χ1n) is 15.0. The van der Waals surface area contributed by atoms with E-state index in [2.05, 4.69) is 30.3 Å². The van der Waals surface area contributed by atoms with E-state index in [1.54, 1.807) is 35.1 Å². The van der Waals surface area contributed by atoms with Crippen LogP contribution in [0.1, 0.15) is 56.4 Å². The topological polar surface area (TPSA) is 87.1 Å². The third-order valence-electron chi connectivity index (χ3n) is 8.21. The Labute approximate surface area is 282 Å². The number of aromatic nitrogens is 5. The number of aromatic carboxylic acids is 1. The Morgan fingerprint density at radius 2 is 1.85 bits per heavy atom. The average molecular weight is 674 g/mol.